The van der Waals surface area contributed by atoms with Crippen LogP contribution in [0.4, 0.5) is 5.69 Å². The van der Waals surface area contributed by atoms with Crippen LogP contribution in [0.15, 0.2) is 6.07 Å². The zero-order valence-corrected chi connectivity index (χ0v) is 24.8. The maximum atomic E-state index is 12.3. The molecule has 0 radical (unpaired) electrons. The second-order valence-electron chi connectivity index (χ2n) is 11.7. The van der Waals surface area contributed by atoms with Gasteiger partial charge < -0.3 is 15.1 Å². The molecule has 1 fully saturated rings. The number of anilines is 1. The first kappa shape index (κ1) is 31.6. The first-order chi connectivity index (χ1) is 17.9. The molecule has 1 aliphatic carbocycles. The van der Waals surface area contributed by atoms with Crippen LogP contribution in [0.2, 0.25) is 0 Å². The number of hydrogen-bond donors (Lipinski definition) is 2. The molecular weight excluding hydrogens is 460 g/mol. The number of hydrogen-bond acceptors (Lipinski definition) is 3. The van der Waals surface area contributed by atoms with Gasteiger partial charge in [-0.25, -0.2) is 0 Å². The van der Waals surface area contributed by atoms with Crippen molar-refractivity contribution in [1.82, 2.24) is 4.57 Å². The van der Waals surface area contributed by atoms with Crippen LogP contribution in [0.3, 0.4) is 0 Å². The summed E-state index contributed by atoms with van der Waals surface area (Å²) in [5.41, 5.74) is 0.426. The normalized spacial score (nSPS) is 21.9. The lowest BCUT2D eigenvalue weighted by Crippen LogP contribution is -2.34. The molecule has 5 nitrogen and oxygen atoms in total. The fraction of sp³-hybridized carbons (Fsp3) is 0.844. The van der Waals surface area contributed by atoms with Crippen LogP contribution < -0.4 is 4.90 Å². The predicted molar refractivity (Wildman–Crippen MR) is 156 cm³/mol. The summed E-state index contributed by atoms with van der Waals surface area (Å²) >= 11 is 0. The highest BCUT2D eigenvalue weighted by molar-refractivity contribution is 5.93. The second kappa shape index (κ2) is 17.0. The largest absolute Gasteiger partial charge is 0.494 e. The molecule has 214 valence electrons. The van der Waals surface area contributed by atoms with Crippen molar-refractivity contribution >= 4 is 11.6 Å². The molecule has 2 rings (SSSR count). The summed E-state index contributed by atoms with van der Waals surface area (Å²) in [5, 5.41) is 20.7. The van der Waals surface area contributed by atoms with Crippen LogP contribution in [0, 0.1) is 23.7 Å². The first-order valence-electron chi connectivity index (χ1n) is 15.8. The van der Waals surface area contributed by atoms with Gasteiger partial charge >= 0.3 is 0 Å². The molecule has 0 spiro atoms. The van der Waals surface area contributed by atoms with Crippen LogP contribution in [0.25, 0.3) is 0 Å². The zero-order valence-electron chi connectivity index (χ0n) is 24.8. The van der Waals surface area contributed by atoms with Gasteiger partial charge in [0.05, 0.1) is 0 Å². The van der Waals surface area contributed by atoms with Crippen molar-refractivity contribution in [3.8, 4) is 11.8 Å². The van der Waals surface area contributed by atoms with Gasteiger partial charge in [-0.3, -0.25) is 9.36 Å². The Balaban J connectivity index is 1.74. The minimum Gasteiger partial charge on any atom is -0.494 e. The fourth-order valence-corrected chi connectivity index (χ4v) is 7.08. The monoisotopic (exact) mass is 518 g/mol. The van der Waals surface area contributed by atoms with Gasteiger partial charge in [0.15, 0.2) is 5.88 Å². The predicted octanol–water partition coefficient (Wildman–Crippen LogP) is 9.05. The molecule has 0 bridgehead atoms. The Morgan fingerprint density at radius 3 is 2.11 bits per heavy atom. The fourth-order valence-electron chi connectivity index (χ4n) is 7.08. The van der Waals surface area contributed by atoms with E-state index in [-0.39, 0.29) is 17.7 Å². The van der Waals surface area contributed by atoms with Crippen LogP contribution in [0.1, 0.15) is 137 Å². The maximum absolute atomic E-state index is 12.3. The number of aromatic hydroxyl groups is 2. The first-order valence-corrected chi connectivity index (χ1v) is 15.8. The third-order valence-electron chi connectivity index (χ3n) is 9.06. The van der Waals surface area contributed by atoms with Crippen LogP contribution in [-0.2, 0) is 11.3 Å². The minimum absolute atomic E-state index is 0.0130. The van der Waals surface area contributed by atoms with Gasteiger partial charge in [0.1, 0.15) is 5.69 Å². The number of nitrogens with zero attached hydrogens (tertiary/aromatic N) is 2. The molecule has 5 heteroatoms. The molecule has 1 saturated carbocycles. The lowest BCUT2D eigenvalue weighted by molar-refractivity contribution is -0.116. The molecule has 2 N–H and O–H groups in total. The van der Waals surface area contributed by atoms with E-state index in [0.29, 0.717) is 18.8 Å². The molecule has 4 atom stereocenters. The molecule has 0 aromatic carbocycles. The average Bonchev–Trinajstić information content (AvgIpc) is 3.15. The number of rotatable bonds is 18. The van der Waals surface area contributed by atoms with Crippen molar-refractivity contribution in [3.05, 3.63) is 6.07 Å². The summed E-state index contributed by atoms with van der Waals surface area (Å²) in [6, 6.07) is 1.51. The Hall–Kier alpha value is -1.65. The maximum Gasteiger partial charge on any atom is 0.224 e. The Bertz CT molecular complexity index is 774. The third-order valence-corrected chi connectivity index (χ3v) is 9.06. The second-order valence-corrected chi connectivity index (χ2v) is 11.7. The summed E-state index contributed by atoms with van der Waals surface area (Å²) < 4.78 is 1.47. The SMILES string of the molecule is CCCCC1C(CCCCCCCCN(C(C)=O)c2cc(O)n(CCC)c2O)CCC(CC)C1CCC. The molecule has 1 aliphatic rings. The van der Waals surface area contributed by atoms with Crippen LogP contribution in [0.5, 0.6) is 11.8 Å². The van der Waals surface area contributed by atoms with Gasteiger partial charge in [0, 0.05) is 26.1 Å². The zero-order chi connectivity index (χ0) is 27.2. The number of unbranched alkanes of at least 4 members (excludes halogenated alkanes) is 6. The van der Waals surface area contributed by atoms with E-state index < -0.39 is 0 Å². The molecule has 37 heavy (non-hydrogen) atoms. The van der Waals surface area contributed by atoms with Gasteiger partial charge in [0.25, 0.3) is 0 Å². The van der Waals surface area contributed by atoms with Crippen molar-refractivity contribution in [1.29, 1.82) is 0 Å². The Labute approximate surface area is 228 Å². The van der Waals surface area contributed by atoms with Gasteiger partial charge in [-0.1, -0.05) is 98.3 Å². The number of carbonyl (C=O) groups excluding carboxylic acids is 1. The molecule has 1 heterocycles. The van der Waals surface area contributed by atoms with Gasteiger partial charge in [-0.2, -0.15) is 0 Å². The van der Waals surface area contributed by atoms with Gasteiger partial charge in [0.2, 0.25) is 11.8 Å². The topological polar surface area (TPSA) is 65.7 Å². The van der Waals surface area contributed by atoms with Crippen molar-refractivity contribution in [3.63, 3.8) is 0 Å². The highest BCUT2D eigenvalue weighted by atomic mass is 16.3. The Morgan fingerprint density at radius 1 is 0.838 bits per heavy atom. The quantitative estimate of drug-likeness (QED) is 0.190. The van der Waals surface area contributed by atoms with Gasteiger partial charge in [-0.15, -0.1) is 0 Å². The van der Waals surface area contributed by atoms with Crippen molar-refractivity contribution in [2.24, 2.45) is 23.7 Å². The van der Waals surface area contributed by atoms with E-state index >= 15 is 0 Å². The van der Waals surface area contributed by atoms with Crippen LogP contribution >= 0.6 is 0 Å². The molecule has 1 aromatic heterocycles. The van der Waals surface area contributed by atoms with Crippen molar-refractivity contribution < 1.29 is 15.0 Å². The molecule has 0 aliphatic heterocycles. The van der Waals surface area contributed by atoms with Crippen LogP contribution in [-0.4, -0.2) is 27.2 Å². The van der Waals surface area contributed by atoms with Crippen molar-refractivity contribution in [2.75, 3.05) is 11.4 Å². The van der Waals surface area contributed by atoms with E-state index in [9.17, 15) is 15.0 Å². The number of aromatic nitrogens is 1. The summed E-state index contributed by atoms with van der Waals surface area (Å²) in [6.45, 7) is 11.8. The summed E-state index contributed by atoms with van der Waals surface area (Å²) in [7, 11) is 0. The van der Waals surface area contributed by atoms with E-state index in [1.807, 2.05) is 6.92 Å². The summed E-state index contributed by atoms with van der Waals surface area (Å²) in [6.07, 6.45) is 20.6. The molecular formula is C32H58N2O3. The molecule has 0 saturated heterocycles. The molecule has 4 unspecified atom stereocenters. The summed E-state index contributed by atoms with van der Waals surface area (Å²) in [5.74, 6) is 3.73. The lowest BCUT2D eigenvalue weighted by Gasteiger charge is -2.44. The summed E-state index contributed by atoms with van der Waals surface area (Å²) in [4.78, 5) is 13.9. The molecule has 1 amide bonds. The highest BCUT2D eigenvalue weighted by Crippen LogP contribution is 2.46. The van der Waals surface area contributed by atoms with E-state index in [2.05, 4.69) is 20.8 Å². The number of carbonyl (C=O) groups is 1. The minimum atomic E-state index is -0.0965. The lowest BCUT2D eigenvalue weighted by atomic mass is 9.62. The third kappa shape index (κ3) is 9.25. The Kier molecular flexibility index (Phi) is 14.5. The van der Waals surface area contributed by atoms with E-state index in [1.54, 1.807) is 4.90 Å². The Morgan fingerprint density at radius 2 is 1.49 bits per heavy atom. The molecule has 1 aromatic rings. The smallest absolute Gasteiger partial charge is 0.224 e. The van der Waals surface area contributed by atoms with E-state index in [4.69, 9.17) is 0 Å². The van der Waals surface area contributed by atoms with Crippen molar-refractivity contribution in [2.45, 2.75) is 144 Å². The van der Waals surface area contributed by atoms with Gasteiger partial charge in [-0.05, 0) is 55.8 Å². The van der Waals surface area contributed by atoms with E-state index in [0.717, 1.165) is 42.9 Å². The standard InChI is InChI=1S/C32H58N2O3/c1-6-10-19-29-27(21-20-26(9-4)28(29)17-7-2)18-15-13-11-12-14-16-23-33(25(5)35)30-24-31(36)34(22-8-3)32(30)37/h24,26-29,36-37H,6-23H2,1-5H3. The number of amides is 1. The van der Waals surface area contributed by atoms with E-state index in [1.165, 1.54) is 101 Å². The highest BCUT2D eigenvalue weighted by Gasteiger charge is 2.37. The average molecular weight is 519 g/mol.